The van der Waals surface area contributed by atoms with Crippen LogP contribution in [0, 0.1) is 0 Å². The molecule has 0 amide bonds. The number of hydrogen-bond acceptors (Lipinski definition) is 1. The van der Waals surface area contributed by atoms with E-state index >= 15 is 0 Å². The molecule has 1 nitrogen and oxygen atoms in total. The number of fused-ring (bicyclic) bond motifs is 1. The van der Waals surface area contributed by atoms with Crippen molar-refractivity contribution in [1.82, 2.24) is 0 Å². The fourth-order valence-corrected chi connectivity index (χ4v) is 2.47. The molecule has 0 spiro atoms. The van der Waals surface area contributed by atoms with Gasteiger partial charge < -0.3 is 4.65 Å². The minimum Gasteiger partial charge on any atom is -0.422 e. The highest BCUT2D eigenvalue weighted by atomic mass is 16.5. The molecule has 1 aromatic rings. The zero-order valence-electron chi connectivity index (χ0n) is 11.2. The first-order valence-electron chi connectivity index (χ1n) is 6.04. The Morgan fingerprint density at radius 3 is 2.38 bits per heavy atom. The molecule has 1 aliphatic heterocycles. The third-order valence-corrected chi connectivity index (χ3v) is 3.48. The third kappa shape index (κ3) is 1.80. The Morgan fingerprint density at radius 2 is 1.81 bits per heavy atom. The van der Waals surface area contributed by atoms with E-state index in [1.54, 1.807) is 0 Å². The van der Waals surface area contributed by atoms with Crippen molar-refractivity contribution in [2.45, 2.75) is 52.5 Å². The van der Waals surface area contributed by atoms with Crippen molar-refractivity contribution in [1.29, 1.82) is 0 Å². The molecule has 0 atom stereocenters. The van der Waals surface area contributed by atoms with Gasteiger partial charge in [0, 0.05) is 0 Å². The van der Waals surface area contributed by atoms with Gasteiger partial charge in [-0.15, -0.1) is 0 Å². The van der Waals surface area contributed by atoms with Crippen LogP contribution in [-0.2, 0) is 15.7 Å². The Balaban J connectivity index is 2.55. The smallest absolute Gasteiger partial charge is 0.325 e. The topological polar surface area (TPSA) is 9.23 Å². The Bertz CT molecular complexity index is 415. The van der Waals surface area contributed by atoms with Gasteiger partial charge in [-0.05, 0) is 35.9 Å². The molecule has 0 bridgehead atoms. The summed E-state index contributed by atoms with van der Waals surface area (Å²) in [6.07, 6.45) is 0. The van der Waals surface area contributed by atoms with Crippen molar-refractivity contribution >= 4 is 12.4 Å². The molecule has 0 fully saturated rings. The van der Waals surface area contributed by atoms with Crippen molar-refractivity contribution in [3.05, 3.63) is 29.3 Å². The van der Waals surface area contributed by atoms with Gasteiger partial charge in [-0.25, -0.2) is 0 Å². The van der Waals surface area contributed by atoms with Crippen LogP contribution in [0.3, 0.4) is 0 Å². The molecule has 0 saturated heterocycles. The van der Waals surface area contributed by atoms with Gasteiger partial charge in [-0.2, -0.15) is 0 Å². The van der Waals surface area contributed by atoms with Crippen LogP contribution in [0.4, 0.5) is 0 Å². The first-order valence-corrected chi connectivity index (χ1v) is 6.04. The van der Waals surface area contributed by atoms with Crippen molar-refractivity contribution in [3.8, 4) is 0 Å². The zero-order chi connectivity index (χ0) is 12.1. The molecule has 2 rings (SSSR count). The average Bonchev–Trinajstić information content (AvgIpc) is 2.36. The number of hydrogen-bond donors (Lipinski definition) is 0. The van der Waals surface area contributed by atoms with Crippen LogP contribution < -0.4 is 5.46 Å². The lowest BCUT2D eigenvalue weighted by atomic mass is 9.63. The molecule has 0 radical (unpaired) electrons. The molecule has 0 aliphatic carbocycles. The molecule has 86 valence electrons. The third-order valence-electron chi connectivity index (χ3n) is 3.48. The van der Waals surface area contributed by atoms with Gasteiger partial charge in [0.1, 0.15) is 0 Å². The Hall–Kier alpha value is -0.755. The molecule has 0 unspecified atom stereocenters. The minimum absolute atomic E-state index is 0.143. The Kier molecular flexibility index (Phi) is 2.47. The Morgan fingerprint density at radius 1 is 1.19 bits per heavy atom. The molecular formula is C14H21BO. The first kappa shape index (κ1) is 11.7. The molecule has 0 aromatic heterocycles. The summed E-state index contributed by atoms with van der Waals surface area (Å²) in [5, 5.41) is 0. The molecule has 2 heteroatoms. The second kappa shape index (κ2) is 3.37. The van der Waals surface area contributed by atoms with E-state index in [0.29, 0.717) is 0 Å². The lowest BCUT2D eigenvalue weighted by Gasteiger charge is -2.24. The second-order valence-electron chi connectivity index (χ2n) is 6.32. The van der Waals surface area contributed by atoms with E-state index < -0.39 is 0 Å². The molecule has 0 N–H and O–H groups in total. The molecule has 0 saturated carbocycles. The maximum Gasteiger partial charge on any atom is 0.325 e. The van der Waals surface area contributed by atoms with Crippen LogP contribution in [0.5, 0.6) is 0 Å². The van der Waals surface area contributed by atoms with Gasteiger partial charge in [0.2, 0.25) is 0 Å². The van der Waals surface area contributed by atoms with Crippen molar-refractivity contribution in [2.75, 3.05) is 0 Å². The lowest BCUT2D eigenvalue weighted by molar-refractivity contribution is 0.124. The Labute approximate surface area is 99.3 Å². The van der Waals surface area contributed by atoms with Gasteiger partial charge in [0.05, 0.1) is 5.60 Å². The van der Waals surface area contributed by atoms with Gasteiger partial charge in [0.15, 0.2) is 0 Å². The van der Waals surface area contributed by atoms with Crippen molar-refractivity contribution < 1.29 is 4.65 Å². The molecule has 16 heavy (non-hydrogen) atoms. The quantitative estimate of drug-likeness (QED) is 0.605. The highest BCUT2D eigenvalue weighted by Gasteiger charge is 2.38. The SMILES string of the molecule is CB1OC(C)(C)c2cc(C(C)(C)C)ccc21. The summed E-state index contributed by atoms with van der Waals surface area (Å²) in [6, 6.07) is 6.79. The van der Waals surface area contributed by atoms with Gasteiger partial charge in [-0.1, -0.05) is 45.8 Å². The summed E-state index contributed by atoms with van der Waals surface area (Å²) < 4.78 is 5.99. The largest absolute Gasteiger partial charge is 0.422 e. The van der Waals surface area contributed by atoms with Crippen LogP contribution in [0.15, 0.2) is 18.2 Å². The summed E-state index contributed by atoms with van der Waals surface area (Å²) in [5.74, 6) is 0. The average molecular weight is 216 g/mol. The molecule has 1 aliphatic rings. The lowest BCUT2D eigenvalue weighted by Crippen LogP contribution is -2.25. The molecule has 1 heterocycles. The first-order chi connectivity index (χ1) is 7.22. The van der Waals surface area contributed by atoms with Crippen LogP contribution >= 0.6 is 0 Å². The van der Waals surface area contributed by atoms with Crippen molar-refractivity contribution in [2.24, 2.45) is 0 Å². The van der Waals surface area contributed by atoms with E-state index in [4.69, 9.17) is 4.65 Å². The van der Waals surface area contributed by atoms with E-state index in [0.717, 1.165) is 0 Å². The summed E-state index contributed by atoms with van der Waals surface area (Å²) >= 11 is 0. The number of benzene rings is 1. The van der Waals surface area contributed by atoms with Crippen LogP contribution in [0.1, 0.15) is 45.7 Å². The fourth-order valence-electron chi connectivity index (χ4n) is 2.47. The van der Waals surface area contributed by atoms with E-state index in [2.05, 4.69) is 59.6 Å². The van der Waals surface area contributed by atoms with Crippen LogP contribution in [0.2, 0.25) is 6.82 Å². The molecular weight excluding hydrogens is 195 g/mol. The van der Waals surface area contributed by atoms with Crippen LogP contribution in [-0.4, -0.2) is 6.92 Å². The summed E-state index contributed by atoms with van der Waals surface area (Å²) in [6.45, 7) is 13.4. The van der Waals surface area contributed by atoms with E-state index in [1.807, 2.05) is 0 Å². The zero-order valence-corrected chi connectivity index (χ0v) is 11.2. The highest BCUT2D eigenvalue weighted by molar-refractivity contribution is 6.67. The van der Waals surface area contributed by atoms with E-state index in [9.17, 15) is 0 Å². The monoisotopic (exact) mass is 216 g/mol. The van der Waals surface area contributed by atoms with Gasteiger partial charge in [-0.3, -0.25) is 0 Å². The van der Waals surface area contributed by atoms with Gasteiger partial charge >= 0.3 is 6.92 Å². The standard InChI is InChI=1S/C14H21BO/c1-13(2,3)10-7-8-12-11(9-10)14(4,5)16-15(12)6/h7-9H,1-6H3. The maximum atomic E-state index is 5.99. The fraction of sp³-hybridized carbons (Fsp3) is 0.571. The highest BCUT2D eigenvalue weighted by Crippen LogP contribution is 2.33. The summed E-state index contributed by atoms with van der Waals surface area (Å²) in [4.78, 5) is 0. The summed E-state index contributed by atoms with van der Waals surface area (Å²) in [5.41, 5.74) is 4.15. The normalized spacial score (nSPS) is 18.8. The molecule has 1 aromatic carbocycles. The summed E-state index contributed by atoms with van der Waals surface area (Å²) in [7, 11) is 0. The maximum absolute atomic E-state index is 5.99. The van der Waals surface area contributed by atoms with Crippen LogP contribution in [0.25, 0.3) is 0 Å². The van der Waals surface area contributed by atoms with Crippen molar-refractivity contribution in [3.63, 3.8) is 0 Å². The second-order valence-corrected chi connectivity index (χ2v) is 6.32. The predicted molar refractivity (Wildman–Crippen MR) is 70.5 cm³/mol. The predicted octanol–water partition coefficient (Wildman–Crippen LogP) is 3.08. The minimum atomic E-state index is -0.143. The van der Waals surface area contributed by atoms with Gasteiger partial charge in [0.25, 0.3) is 0 Å². The number of rotatable bonds is 0. The van der Waals surface area contributed by atoms with E-state index in [1.165, 1.54) is 16.6 Å². The van der Waals surface area contributed by atoms with E-state index in [-0.39, 0.29) is 17.9 Å².